The molecule has 1 saturated carbocycles. The SMILES string of the molecule is Cc1cc([C@@H]2[C@@H](c3ccccn3)NC(=S)N2C2CCCC2)c(C)n1-n1cnnc1. The fraction of sp³-hybridized carbons (Fsp3) is 0.429. The summed E-state index contributed by atoms with van der Waals surface area (Å²) in [7, 11) is 0. The van der Waals surface area contributed by atoms with Crippen LogP contribution in [0.2, 0.25) is 0 Å². The van der Waals surface area contributed by atoms with Gasteiger partial charge in [0.2, 0.25) is 0 Å². The number of rotatable bonds is 4. The summed E-state index contributed by atoms with van der Waals surface area (Å²) in [5.41, 5.74) is 4.60. The highest BCUT2D eigenvalue weighted by Gasteiger charge is 2.44. The molecule has 0 aromatic carbocycles. The van der Waals surface area contributed by atoms with Gasteiger partial charge in [0, 0.05) is 29.2 Å². The van der Waals surface area contributed by atoms with Gasteiger partial charge in [-0.3, -0.25) is 9.66 Å². The van der Waals surface area contributed by atoms with E-state index in [1.165, 1.54) is 36.9 Å². The number of thiocarbonyl (C=S) groups is 1. The quantitative estimate of drug-likeness (QED) is 0.670. The van der Waals surface area contributed by atoms with Crippen molar-refractivity contribution in [1.82, 2.24) is 34.8 Å². The minimum Gasteiger partial charge on any atom is -0.352 e. The van der Waals surface area contributed by atoms with Crippen LogP contribution in [0.15, 0.2) is 43.1 Å². The zero-order valence-corrected chi connectivity index (χ0v) is 17.5. The van der Waals surface area contributed by atoms with Crippen LogP contribution in [-0.4, -0.2) is 40.6 Å². The Morgan fingerprint density at radius 3 is 2.55 bits per heavy atom. The molecule has 0 amide bonds. The maximum Gasteiger partial charge on any atom is 0.170 e. The molecule has 0 radical (unpaired) electrons. The van der Waals surface area contributed by atoms with Gasteiger partial charge in [-0.25, -0.2) is 4.68 Å². The van der Waals surface area contributed by atoms with Gasteiger partial charge in [0.05, 0.1) is 17.8 Å². The molecule has 5 rings (SSSR count). The second-order valence-corrected chi connectivity index (χ2v) is 8.34. The van der Waals surface area contributed by atoms with Gasteiger partial charge in [-0.2, -0.15) is 0 Å². The van der Waals surface area contributed by atoms with Crippen molar-refractivity contribution in [2.45, 2.75) is 57.7 Å². The van der Waals surface area contributed by atoms with Crippen molar-refractivity contribution in [3.63, 3.8) is 0 Å². The Kier molecular flexibility index (Phi) is 4.58. The molecule has 1 aliphatic carbocycles. The minimum absolute atomic E-state index is 0.0270. The van der Waals surface area contributed by atoms with E-state index in [1.54, 1.807) is 12.7 Å². The van der Waals surface area contributed by atoms with E-state index < -0.39 is 0 Å². The Hall–Kier alpha value is -2.74. The van der Waals surface area contributed by atoms with Crippen molar-refractivity contribution in [3.05, 3.63) is 65.8 Å². The minimum atomic E-state index is 0.0270. The second kappa shape index (κ2) is 7.26. The van der Waals surface area contributed by atoms with Crippen LogP contribution in [0.25, 0.3) is 0 Å². The Bertz CT molecular complexity index is 1010. The number of aryl methyl sites for hydroxylation is 1. The Morgan fingerprint density at radius 2 is 1.86 bits per heavy atom. The molecular formula is C21H25N7S. The molecule has 1 N–H and O–H groups in total. The zero-order valence-electron chi connectivity index (χ0n) is 16.7. The maximum atomic E-state index is 5.85. The molecule has 29 heavy (non-hydrogen) atoms. The van der Waals surface area contributed by atoms with E-state index in [-0.39, 0.29) is 12.1 Å². The van der Waals surface area contributed by atoms with Crippen molar-refractivity contribution in [2.75, 3.05) is 0 Å². The first-order chi connectivity index (χ1) is 14.1. The largest absolute Gasteiger partial charge is 0.352 e. The predicted octanol–water partition coefficient (Wildman–Crippen LogP) is 3.32. The summed E-state index contributed by atoms with van der Waals surface area (Å²) in [5.74, 6) is 0. The standard InChI is InChI=1S/C21H25N7S/c1-14-11-17(15(2)28(14)26-12-23-24-13-26)20-19(18-9-5-6-10-22-18)25-21(29)27(20)16-7-3-4-8-16/h5-6,9-13,16,19-20H,3-4,7-8H2,1-2H3,(H,25,29)/t19-,20-/m1/s1. The van der Waals surface area contributed by atoms with Gasteiger partial charge in [0.1, 0.15) is 12.7 Å². The first-order valence-electron chi connectivity index (χ1n) is 10.2. The van der Waals surface area contributed by atoms with E-state index in [9.17, 15) is 0 Å². The lowest BCUT2D eigenvalue weighted by Gasteiger charge is -2.33. The first kappa shape index (κ1) is 18.3. The highest BCUT2D eigenvalue weighted by atomic mass is 32.1. The van der Waals surface area contributed by atoms with Crippen LogP contribution < -0.4 is 5.32 Å². The molecular weight excluding hydrogens is 382 g/mol. The average Bonchev–Trinajstić information content (AvgIpc) is 3.50. The normalized spacial score (nSPS) is 22.4. The molecule has 1 saturated heterocycles. The predicted molar refractivity (Wildman–Crippen MR) is 114 cm³/mol. The van der Waals surface area contributed by atoms with Crippen LogP contribution in [0, 0.1) is 13.8 Å². The lowest BCUT2D eigenvalue weighted by molar-refractivity contribution is 0.244. The van der Waals surface area contributed by atoms with Gasteiger partial charge >= 0.3 is 0 Å². The zero-order chi connectivity index (χ0) is 20.0. The molecule has 0 bridgehead atoms. The van der Waals surface area contributed by atoms with Crippen molar-refractivity contribution in [2.24, 2.45) is 0 Å². The third-order valence-corrected chi connectivity index (χ3v) is 6.57. The smallest absolute Gasteiger partial charge is 0.170 e. The summed E-state index contributed by atoms with van der Waals surface area (Å²) >= 11 is 5.85. The molecule has 2 aliphatic rings. The molecule has 4 heterocycles. The number of aromatic nitrogens is 5. The number of nitrogens with one attached hydrogen (secondary N) is 1. The van der Waals surface area contributed by atoms with Gasteiger partial charge < -0.3 is 10.2 Å². The summed E-state index contributed by atoms with van der Waals surface area (Å²) in [6.45, 7) is 4.28. The third-order valence-electron chi connectivity index (χ3n) is 6.24. The van der Waals surface area contributed by atoms with Gasteiger partial charge in [0.15, 0.2) is 5.11 Å². The topological polar surface area (TPSA) is 63.8 Å². The van der Waals surface area contributed by atoms with Crippen molar-refractivity contribution < 1.29 is 0 Å². The van der Waals surface area contributed by atoms with Gasteiger partial charge in [-0.05, 0) is 57.1 Å². The second-order valence-electron chi connectivity index (χ2n) is 7.95. The summed E-state index contributed by atoms with van der Waals surface area (Å²) < 4.78 is 4.07. The molecule has 7 nitrogen and oxygen atoms in total. The van der Waals surface area contributed by atoms with Crippen LogP contribution in [0.3, 0.4) is 0 Å². The Morgan fingerprint density at radius 1 is 1.10 bits per heavy atom. The van der Waals surface area contributed by atoms with Crippen LogP contribution in [-0.2, 0) is 0 Å². The van der Waals surface area contributed by atoms with Crippen LogP contribution in [0.5, 0.6) is 0 Å². The summed E-state index contributed by atoms with van der Waals surface area (Å²) in [4.78, 5) is 7.10. The van der Waals surface area contributed by atoms with E-state index in [0.29, 0.717) is 6.04 Å². The highest BCUT2D eigenvalue weighted by Crippen LogP contribution is 2.44. The van der Waals surface area contributed by atoms with Crippen LogP contribution in [0.1, 0.15) is 60.4 Å². The van der Waals surface area contributed by atoms with Gasteiger partial charge in [-0.1, -0.05) is 18.9 Å². The third kappa shape index (κ3) is 3.02. The van der Waals surface area contributed by atoms with Crippen LogP contribution in [0.4, 0.5) is 0 Å². The molecule has 0 unspecified atom stereocenters. The fourth-order valence-electron chi connectivity index (χ4n) is 5.00. The lowest BCUT2D eigenvalue weighted by Crippen LogP contribution is -2.37. The Balaban J connectivity index is 1.64. The molecule has 2 atom stereocenters. The molecule has 1 aliphatic heterocycles. The number of hydrogen-bond acceptors (Lipinski definition) is 4. The van der Waals surface area contributed by atoms with Gasteiger partial charge in [-0.15, -0.1) is 10.2 Å². The number of pyridine rings is 1. The highest BCUT2D eigenvalue weighted by molar-refractivity contribution is 7.80. The lowest BCUT2D eigenvalue weighted by atomic mass is 9.95. The maximum absolute atomic E-state index is 5.85. The summed E-state index contributed by atoms with van der Waals surface area (Å²) in [6.07, 6.45) is 10.2. The van der Waals surface area contributed by atoms with E-state index in [0.717, 1.165) is 16.5 Å². The Labute approximate surface area is 175 Å². The summed E-state index contributed by atoms with van der Waals surface area (Å²) in [5, 5.41) is 12.4. The van der Waals surface area contributed by atoms with E-state index in [4.69, 9.17) is 12.2 Å². The molecule has 8 heteroatoms. The van der Waals surface area contributed by atoms with E-state index >= 15 is 0 Å². The first-order valence-corrected chi connectivity index (χ1v) is 10.6. The number of nitrogens with zero attached hydrogens (tertiary/aromatic N) is 6. The van der Waals surface area contributed by atoms with E-state index in [1.807, 2.05) is 23.0 Å². The van der Waals surface area contributed by atoms with E-state index in [2.05, 4.69) is 56.1 Å². The molecule has 3 aromatic rings. The van der Waals surface area contributed by atoms with Gasteiger partial charge in [0.25, 0.3) is 0 Å². The summed E-state index contributed by atoms with van der Waals surface area (Å²) in [6, 6.07) is 8.97. The van der Waals surface area contributed by atoms with Crippen molar-refractivity contribution >= 4 is 17.3 Å². The van der Waals surface area contributed by atoms with Crippen LogP contribution >= 0.6 is 12.2 Å². The molecule has 3 aromatic heterocycles. The number of hydrogen-bond donors (Lipinski definition) is 1. The fourth-order valence-corrected chi connectivity index (χ4v) is 5.39. The van der Waals surface area contributed by atoms with Crippen molar-refractivity contribution in [3.8, 4) is 0 Å². The monoisotopic (exact) mass is 407 g/mol. The average molecular weight is 408 g/mol. The molecule has 0 spiro atoms. The molecule has 2 fully saturated rings. The van der Waals surface area contributed by atoms with Crippen molar-refractivity contribution in [1.29, 1.82) is 0 Å². The molecule has 150 valence electrons.